The lowest BCUT2D eigenvalue weighted by Gasteiger charge is -2.34. The monoisotopic (exact) mass is 368 g/mol. The van der Waals surface area contributed by atoms with Gasteiger partial charge in [-0.05, 0) is 30.3 Å². The molecule has 0 bridgehead atoms. The molecule has 0 aliphatic carbocycles. The Morgan fingerprint density at radius 1 is 1.12 bits per heavy atom. The van der Waals surface area contributed by atoms with Crippen molar-refractivity contribution in [2.24, 2.45) is 0 Å². The van der Waals surface area contributed by atoms with Crippen molar-refractivity contribution in [2.75, 3.05) is 11.6 Å². The van der Waals surface area contributed by atoms with Crippen molar-refractivity contribution in [3.8, 4) is 0 Å². The van der Waals surface area contributed by atoms with Crippen molar-refractivity contribution in [3.63, 3.8) is 0 Å². The lowest BCUT2D eigenvalue weighted by molar-refractivity contribution is -0.207. The van der Waals surface area contributed by atoms with Crippen LogP contribution in [0.3, 0.4) is 0 Å². The second kappa shape index (κ2) is 6.66. The molecule has 0 fully saturated rings. The fraction of sp³-hybridized carbons (Fsp3) is 0.176. The molecule has 5 nitrogen and oxygen atoms in total. The summed E-state index contributed by atoms with van der Waals surface area (Å²) >= 11 is 0. The van der Waals surface area contributed by atoms with Gasteiger partial charge in [0, 0.05) is 11.1 Å². The molecule has 9 heteroatoms. The Labute approximate surface area is 145 Å². The van der Waals surface area contributed by atoms with E-state index >= 15 is 0 Å². The molecule has 0 aromatic heterocycles. The van der Waals surface area contributed by atoms with Gasteiger partial charge in [0.2, 0.25) is 6.10 Å². The summed E-state index contributed by atoms with van der Waals surface area (Å²) in [6.07, 6.45) is -8.35. The third kappa shape index (κ3) is 3.46. The van der Waals surface area contributed by atoms with Crippen molar-refractivity contribution in [1.29, 1.82) is 0 Å². The summed E-state index contributed by atoms with van der Waals surface area (Å²) < 4.78 is 56.7. The number of hydrogen-bond acceptors (Lipinski definition) is 3. The average Bonchev–Trinajstić information content (AvgIpc) is 2.60. The third-order valence-corrected chi connectivity index (χ3v) is 3.75. The summed E-state index contributed by atoms with van der Waals surface area (Å²) in [5, 5.41) is 2.40. The highest BCUT2D eigenvalue weighted by molar-refractivity contribution is 5.96. The average molecular weight is 368 g/mol. The predicted octanol–water partition coefficient (Wildman–Crippen LogP) is 3.77. The fourth-order valence-corrected chi connectivity index (χ4v) is 2.53. The lowest BCUT2D eigenvalue weighted by Crippen LogP contribution is -2.46. The molecular weight excluding hydrogens is 356 g/mol. The number of amides is 2. The van der Waals surface area contributed by atoms with Gasteiger partial charge in [-0.25, -0.2) is 9.18 Å². The number of cyclic esters (lactones) is 1. The molecule has 1 aliphatic heterocycles. The van der Waals surface area contributed by atoms with Crippen molar-refractivity contribution in [2.45, 2.75) is 12.3 Å². The summed E-state index contributed by atoms with van der Waals surface area (Å²) in [5.74, 6) is -1.14. The second-order valence-electron chi connectivity index (χ2n) is 5.46. The Balaban J connectivity index is 1.80. The summed E-state index contributed by atoms with van der Waals surface area (Å²) in [5.41, 5.74) is -0.0978. The van der Waals surface area contributed by atoms with Gasteiger partial charge >= 0.3 is 12.3 Å². The predicted molar refractivity (Wildman–Crippen MR) is 82.9 cm³/mol. The number of nitrogens with zero attached hydrogens (tertiary/aromatic N) is 1. The molecule has 0 radical (unpaired) electrons. The Hall–Kier alpha value is -3.10. The number of rotatable bonds is 3. The van der Waals surface area contributed by atoms with Crippen LogP contribution in [0.4, 0.5) is 28.0 Å². The maximum Gasteiger partial charge on any atom is 0.430 e. The van der Waals surface area contributed by atoms with Crippen molar-refractivity contribution in [1.82, 2.24) is 5.32 Å². The van der Waals surface area contributed by atoms with Gasteiger partial charge in [0.1, 0.15) is 12.5 Å². The summed E-state index contributed by atoms with van der Waals surface area (Å²) in [4.78, 5) is 24.9. The highest BCUT2D eigenvalue weighted by atomic mass is 19.4. The first-order valence-electron chi connectivity index (χ1n) is 7.45. The minimum atomic E-state index is -4.75. The topological polar surface area (TPSA) is 58.6 Å². The molecule has 1 aliphatic rings. The van der Waals surface area contributed by atoms with Gasteiger partial charge in [-0.15, -0.1) is 0 Å². The molecule has 2 aromatic rings. The van der Waals surface area contributed by atoms with Crippen LogP contribution in [0.25, 0.3) is 0 Å². The van der Waals surface area contributed by atoms with Gasteiger partial charge in [0.15, 0.2) is 0 Å². The van der Waals surface area contributed by atoms with E-state index in [9.17, 15) is 27.2 Å². The zero-order valence-corrected chi connectivity index (χ0v) is 13.1. The molecule has 0 saturated heterocycles. The maximum absolute atomic E-state index is 13.1. The van der Waals surface area contributed by atoms with Gasteiger partial charge < -0.3 is 10.1 Å². The molecule has 0 saturated carbocycles. The minimum Gasteiger partial charge on any atom is -0.431 e. The highest BCUT2D eigenvalue weighted by Crippen LogP contribution is 2.43. The van der Waals surface area contributed by atoms with Crippen LogP contribution in [0.5, 0.6) is 0 Å². The van der Waals surface area contributed by atoms with Crippen LogP contribution in [0.2, 0.25) is 0 Å². The van der Waals surface area contributed by atoms with Crippen LogP contribution in [-0.4, -0.2) is 24.8 Å². The standard InChI is InChI=1S/C17H12F4N2O3/c18-11-7-5-10(6-8-11)15(24)22-9-23-13-4-2-1-3-12(13)14(17(19,20)21)26-16(23)25/h1-8,14H,9H2,(H,22,24). The molecule has 2 amide bonds. The number of nitrogens with one attached hydrogen (secondary N) is 1. The summed E-state index contributed by atoms with van der Waals surface area (Å²) in [7, 11) is 0. The van der Waals surface area contributed by atoms with Crippen LogP contribution in [-0.2, 0) is 4.74 Å². The van der Waals surface area contributed by atoms with Crippen molar-refractivity contribution in [3.05, 3.63) is 65.5 Å². The van der Waals surface area contributed by atoms with E-state index in [1.807, 2.05) is 0 Å². The first kappa shape index (κ1) is 17.7. The first-order chi connectivity index (χ1) is 12.3. The van der Waals surface area contributed by atoms with Crippen LogP contribution in [0, 0.1) is 5.82 Å². The number of alkyl halides is 3. The third-order valence-electron chi connectivity index (χ3n) is 3.75. The van der Waals surface area contributed by atoms with E-state index < -0.39 is 36.8 Å². The minimum absolute atomic E-state index is 0.00881. The van der Waals surface area contributed by atoms with Crippen molar-refractivity contribution < 1.29 is 31.9 Å². The molecule has 0 spiro atoms. The van der Waals surface area contributed by atoms with E-state index in [0.717, 1.165) is 17.0 Å². The van der Waals surface area contributed by atoms with Crippen LogP contribution in [0.15, 0.2) is 48.5 Å². The zero-order chi connectivity index (χ0) is 18.9. The van der Waals surface area contributed by atoms with Gasteiger partial charge in [0.05, 0.1) is 5.69 Å². The number of para-hydroxylation sites is 1. The molecule has 2 aromatic carbocycles. The fourth-order valence-electron chi connectivity index (χ4n) is 2.53. The molecule has 136 valence electrons. The van der Waals surface area contributed by atoms with Gasteiger partial charge in [-0.1, -0.05) is 18.2 Å². The van der Waals surface area contributed by atoms with E-state index in [0.29, 0.717) is 0 Å². The van der Waals surface area contributed by atoms with Gasteiger partial charge in [0.25, 0.3) is 5.91 Å². The Morgan fingerprint density at radius 3 is 2.42 bits per heavy atom. The molecular formula is C17H12F4N2O3. The molecule has 1 unspecified atom stereocenters. The smallest absolute Gasteiger partial charge is 0.430 e. The molecule has 26 heavy (non-hydrogen) atoms. The van der Waals surface area contributed by atoms with E-state index in [1.54, 1.807) is 0 Å². The number of halogens is 4. The first-order valence-corrected chi connectivity index (χ1v) is 7.45. The summed E-state index contributed by atoms with van der Waals surface area (Å²) in [6, 6.07) is 10.1. The normalized spacial score (nSPS) is 16.7. The SMILES string of the molecule is O=C(NCN1C(=O)OC(C(F)(F)F)c2ccccc21)c1ccc(F)cc1. The summed E-state index contributed by atoms with van der Waals surface area (Å²) in [6.45, 7) is -0.406. The number of fused-ring (bicyclic) bond motifs is 1. The Bertz CT molecular complexity index is 837. The molecule has 3 rings (SSSR count). The maximum atomic E-state index is 13.1. The molecule has 1 atom stereocenters. The van der Waals surface area contributed by atoms with Crippen LogP contribution < -0.4 is 10.2 Å². The van der Waals surface area contributed by atoms with E-state index in [-0.39, 0.29) is 16.8 Å². The Morgan fingerprint density at radius 2 is 1.77 bits per heavy atom. The molecule has 1 heterocycles. The quantitative estimate of drug-likeness (QED) is 0.839. The second-order valence-corrected chi connectivity index (χ2v) is 5.46. The van der Waals surface area contributed by atoms with Gasteiger partial charge in [-0.2, -0.15) is 13.2 Å². The van der Waals surface area contributed by atoms with Crippen LogP contribution in [0.1, 0.15) is 22.0 Å². The number of carbonyl (C=O) groups is 2. The molecule has 1 N–H and O–H groups in total. The lowest BCUT2D eigenvalue weighted by atomic mass is 10.0. The number of carbonyl (C=O) groups excluding carboxylic acids is 2. The number of hydrogen-bond donors (Lipinski definition) is 1. The van der Waals surface area contributed by atoms with Gasteiger partial charge in [-0.3, -0.25) is 9.69 Å². The Kier molecular flexibility index (Phi) is 4.54. The zero-order valence-electron chi connectivity index (χ0n) is 13.1. The van der Waals surface area contributed by atoms with E-state index in [1.165, 1.54) is 36.4 Å². The van der Waals surface area contributed by atoms with E-state index in [2.05, 4.69) is 10.1 Å². The number of ether oxygens (including phenoxy) is 1. The van der Waals surface area contributed by atoms with Crippen LogP contribution >= 0.6 is 0 Å². The largest absolute Gasteiger partial charge is 0.431 e. The highest BCUT2D eigenvalue weighted by Gasteiger charge is 2.49. The van der Waals surface area contributed by atoms with Crippen molar-refractivity contribution >= 4 is 17.7 Å². The number of anilines is 1. The van der Waals surface area contributed by atoms with E-state index in [4.69, 9.17) is 0 Å². The number of benzene rings is 2.